The van der Waals surface area contributed by atoms with E-state index in [1.165, 1.54) is 55.2 Å². The molecule has 282 valence electrons. The molecule has 8 aromatic carbocycles. The number of benzene rings is 8. The molecule has 2 N–H and O–H groups in total. The molecule has 5 heteroatoms. The van der Waals surface area contributed by atoms with Crippen LogP contribution in [0.1, 0.15) is 54.0 Å². The lowest BCUT2D eigenvalue weighted by Gasteiger charge is -2.32. The summed E-state index contributed by atoms with van der Waals surface area (Å²) in [5, 5.41) is 12.2. The average molecular weight is 761 g/mol. The van der Waals surface area contributed by atoms with Gasteiger partial charge in [-0.15, -0.1) is 0 Å². The molecule has 0 spiro atoms. The Hall–Kier alpha value is -7.21. The van der Waals surface area contributed by atoms with Crippen molar-refractivity contribution in [2.75, 3.05) is 0 Å². The highest BCUT2D eigenvalue weighted by atomic mass is 16.3. The van der Waals surface area contributed by atoms with Crippen molar-refractivity contribution in [1.82, 2.24) is 15.2 Å². The van der Waals surface area contributed by atoms with Crippen LogP contribution >= 0.6 is 0 Å². The molecule has 59 heavy (non-hydrogen) atoms. The average Bonchev–Trinajstić information content (AvgIpc) is 3.91. The molecule has 2 unspecified atom stereocenters. The quantitative estimate of drug-likeness (QED) is 0.184. The Balaban J connectivity index is 0.993. The number of para-hydroxylation sites is 1. The first-order chi connectivity index (χ1) is 29.0. The lowest BCUT2D eigenvalue weighted by atomic mass is 9.82. The van der Waals surface area contributed by atoms with E-state index < -0.39 is 0 Å². The van der Waals surface area contributed by atoms with E-state index >= 15 is 0 Å². The van der Waals surface area contributed by atoms with Crippen LogP contribution in [0.5, 0.6) is 0 Å². The summed E-state index contributed by atoms with van der Waals surface area (Å²) >= 11 is 0. The predicted octanol–water partition coefficient (Wildman–Crippen LogP) is 13.0. The Morgan fingerprint density at radius 1 is 0.525 bits per heavy atom. The third-order valence-electron chi connectivity index (χ3n) is 12.7. The van der Waals surface area contributed by atoms with E-state index in [0.717, 1.165) is 50.2 Å². The van der Waals surface area contributed by atoms with Gasteiger partial charge in [-0.05, 0) is 80.9 Å². The Kier molecular flexibility index (Phi) is 7.41. The van der Waals surface area contributed by atoms with Gasteiger partial charge < -0.3 is 14.3 Å². The van der Waals surface area contributed by atoms with Gasteiger partial charge in [-0.3, -0.25) is 5.32 Å². The minimum atomic E-state index is -0.268. The van der Waals surface area contributed by atoms with E-state index in [-0.39, 0.29) is 17.7 Å². The number of rotatable bonds is 5. The monoisotopic (exact) mass is 760 g/mol. The van der Waals surface area contributed by atoms with Crippen molar-refractivity contribution in [3.63, 3.8) is 0 Å². The number of hydrogen-bond donors (Lipinski definition) is 2. The standard InChI is InChI=1S/C54H40N4O/c1-54(2)44-21-11-9-18-38(44)42-32-47-43(31-45(42)54)39-19-10-12-22-46(39)58(47)37-28-29-40-49(30-37)59-48-23-13-20-41(50(40)48)53-56-51(35-16-7-4-8-17-35)55-52(57-53)36-26-24-34(25-27-36)33-14-5-3-6-15-33/h3-32,51-52,55H,1-2H3,(H,56,57). The van der Waals surface area contributed by atoms with Crippen molar-refractivity contribution in [2.24, 2.45) is 4.99 Å². The van der Waals surface area contributed by atoms with Crippen molar-refractivity contribution in [2.45, 2.75) is 31.6 Å². The summed E-state index contributed by atoms with van der Waals surface area (Å²) in [6, 6.07) is 65.2. The summed E-state index contributed by atoms with van der Waals surface area (Å²) in [6.45, 7) is 4.70. The van der Waals surface area contributed by atoms with Crippen molar-refractivity contribution < 1.29 is 4.42 Å². The first-order valence-corrected chi connectivity index (χ1v) is 20.4. The van der Waals surface area contributed by atoms with Gasteiger partial charge in [0.05, 0.1) is 11.0 Å². The van der Waals surface area contributed by atoms with Crippen LogP contribution in [0.4, 0.5) is 0 Å². The molecular weight excluding hydrogens is 721 g/mol. The maximum atomic E-state index is 6.76. The molecule has 5 nitrogen and oxygen atoms in total. The molecule has 0 saturated heterocycles. The van der Waals surface area contributed by atoms with E-state index in [2.05, 4.69) is 211 Å². The number of amidine groups is 1. The van der Waals surface area contributed by atoms with E-state index in [1.807, 2.05) is 0 Å². The molecule has 2 aromatic heterocycles. The second-order valence-electron chi connectivity index (χ2n) is 16.4. The molecule has 1 aliphatic carbocycles. The third kappa shape index (κ3) is 5.25. The topological polar surface area (TPSA) is 54.5 Å². The molecule has 12 rings (SSSR count). The minimum absolute atomic E-state index is 0.0735. The van der Waals surface area contributed by atoms with Crippen LogP contribution in [0, 0.1) is 0 Å². The number of nitrogens with zero attached hydrogens (tertiary/aromatic N) is 2. The zero-order chi connectivity index (χ0) is 39.2. The molecule has 3 heterocycles. The Bertz CT molecular complexity index is 3300. The first-order valence-electron chi connectivity index (χ1n) is 20.4. The summed E-state index contributed by atoms with van der Waals surface area (Å²) in [4.78, 5) is 5.37. The maximum absolute atomic E-state index is 6.76. The van der Waals surface area contributed by atoms with Crippen LogP contribution in [0.3, 0.4) is 0 Å². The van der Waals surface area contributed by atoms with Gasteiger partial charge in [-0.2, -0.15) is 0 Å². The van der Waals surface area contributed by atoms with Gasteiger partial charge in [0, 0.05) is 44.3 Å². The maximum Gasteiger partial charge on any atom is 0.137 e. The fraction of sp³-hybridized carbons (Fsp3) is 0.0926. The van der Waals surface area contributed by atoms with Crippen molar-refractivity contribution in [1.29, 1.82) is 0 Å². The molecule has 0 bridgehead atoms. The minimum Gasteiger partial charge on any atom is -0.456 e. The summed E-state index contributed by atoms with van der Waals surface area (Å²) < 4.78 is 9.17. The molecule has 1 aliphatic heterocycles. The normalized spacial score (nSPS) is 16.9. The molecule has 0 fully saturated rings. The van der Waals surface area contributed by atoms with Crippen LogP contribution < -0.4 is 10.6 Å². The molecule has 2 aliphatic rings. The molecule has 10 aromatic rings. The van der Waals surface area contributed by atoms with Gasteiger partial charge in [0.25, 0.3) is 0 Å². The molecule has 0 radical (unpaired) electrons. The Morgan fingerprint density at radius 2 is 1.25 bits per heavy atom. The predicted molar refractivity (Wildman–Crippen MR) is 242 cm³/mol. The van der Waals surface area contributed by atoms with Crippen molar-refractivity contribution in [3.8, 4) is 27.9 Å². The fourth-order valence-corrected chi connectivity index (χ4v) is 9.76. The van der Waals surface area contributed by atoms with E-state index in [1.54, 1.807) is 0 Å². The SMILES string of the molecule is CC1(C)c2ccccc2-c2cc3c(cc21)c1ccccc1n3-c1ccc2c(c1)oc1cccc(C3=NC(c4ccc(-c5ccccc5)cc4)NC(c4ccccc4)N3)c12. The highest BCUT2D eigenvalue weighted by Gasteiger charge is 2.36. The Labute approximate surface area is 342 Å². The van der Waals surface area contributed by atoms with Crippen LogP contribution in [-0.2, 0) is 5.41 Å². The van der Waals surface area contributed by atoms with Crippen LogP contribution in [-0.4, -0.2) is 10.4 Å². The summed E-state index contributed by atoms with van der Waals surface area (Å²) in [5.74, 6) is 0.826. The third-order valence-corrected chi connectivity index (χ3v) is 12.7. The van der Waals surface area contributed by atoms with E-state index in [9.17, 15) is 0 Å². The molecular formula is C54H40N4O. The zero-order valence-corrected chi connectivity index (χ0v) is 32.8. The van der Waals surface area contributed by atoms with Gasteiger partial charge in [0.1, 0.15) is 29.3 Å². The van der Waals surface area contributed by atoms with Gasteiger partial charge >= 0.3 is 0 Å². The van der Waals surface area contributed by atoms with Gasteiger partial charge in [0.2, 0.25) is 0 Å². The van der Waals surface area contributed by atoms with E-state index in [0.29, 0.717) is 0 Å². The number of furan rings is 1. The lowest BCUT2D eigenvalue weighted by molar-refractivity contribution is 0.409. The summed E-state index contributed by atoms with van der Waals surface area (Å²) in [5.41, 5.74) is 16.1. The highest BCUT2D eigenvalue weighted by Crippen LogP contribution is 2.51. The van der Waals surface area contributed by atoms with Crippen molar-refractivity contribution in [3.05, 3.63) is 210 Å². The number of fused-ring (bicyclic) bond motifs is 9. The van der Waals surface area contributed by atoms with Gasteiger partial charge in [0.15, 0.2) is 0 Å². The highest BCUT2D eigenvalue weighted by molar-refractivity contribution is 6.18. The smallest absolute Gasteiger partial charge is 0.137 e. The lowest BCUT2D eigenvalue weighted by Crippen LogP contribution is -2.45. The summed E-state index contributed by atoms with van der Waals surface area (Å²) in [7, 11) is 0. The van der Waals surface area contributed by atoms with Crippen LogP contribution in [0.15, 0.2) is 191 Å². The van der Waals surface area contributed by atoms with Gasteiger partial charge in [-0.25, -0.2) is 4.99 Å². The number of nitrogens with one attached hydrogen (secondary N) is 2. The van der Waals surface area contributed by atoms with Gasteiger partial charge in [-0.1, -0.05) is 153 Å². The summed E-state index contributed by atoms with van der Waals surface area (Å²) in [6.07, 6.45) is -0.424. The molecule has 2 atom stereocenters. The first kappa shape index (κ1) is 33.9. The largest absolute Gasteiger partial charge is 0.456 e. The van der Waals surface area contributed by atoms with Crippen LogP contribution in [0.25, 0.3) is 71.7 Å². The Morgan fingerprint density at radius 3 is 2.10 bits per heavy atom. The number of hydrogen-bond acceptors (Lipinski definition) is 4. The van der Waals surface area contributed by atoms with Crippen molar-refractivity contribution >= 4 is 49.6 Å². The molecule has 0 saturated carbocycles. The zero-order valence-electron chi connectivity index (χ0n) is 32.8. The van der Waals surface area contributed by atoms with E-state index in [4.69, 9.17) is 9.41 Å². The second-order valence-corrected chi connectivity index (χ2v) is 16.4. The number of aromatic nitrogens is 1. The molecule has 0 amide bonds. The second kappa shape index (κ2) is 12.9. The van der Waals surface area contributed by atoms with Crippen LogP contribution in [0.2, 0.25) is 0 Å². The fourth-order valence-electron chi connectivity index (χ4n) is 9.76. The number of aliphatic imine (C=N–C) groups is 1.